The predicted molar refractivity (Wildman–Crippen MR) is 93.0 cm³/mol. The van der Waals surface area contributed by atoms with Gasteiger partial charge in [0.2, 0.25) is 15.9 Å². The molecular weight excluding hydrogens is 344 g/mol. The SMILES string of the molecule is CC(=O)Nc1cccc(OC(=O)c2cccc(S(=O)(=O)N(C)C)c2)c1. The number of esters is 1. The topological polar surface area (TPSA) is 92.8 Å². The van der Waals surface area contributed by atoms with Crippen molar-refractivity contribution in [2.75, 3.05) is 19.4 Å². The molecule has 25 heavy (non-hydrogen) atoms. The molecule has 2 aromatic rings. The molecule has 0 aliphatic carbocycles. The van der Waals surface area contributed by atoms with Gasteiger partial charge in [0.1, 0.15) is 5.75 Å². The van der Waals surface area contributed by atoms with E-state index in [-0.39, 0.29) is 22.1 Å². The fraction of sp³-hybridized carbons (Fsp3) is 0.176. The minimum atomic E-state index is -3.65. The van der Waals surface area contributed by atoms with Crippen LogP contribution in [0.15, 0.2) is 53.4 Å². The van der Waals surface area contributed by atoms with E-state index in [0.29, 0.717) is 5.69 Å². The molecule has 0 radical (unpaired) electrons. The molecule has 0 aliphatic rings. The summed E-state index contributed by atoms with van der Waals surface area (Å²) in [6, 6.07) is 11.9. The van der Waals surface area contributed by atoms with Crippen LogP contribution in [0.1, 0.15) is 17.3 Å². The third-order valence-corrected chi connectivity index (χ3v) is 5.02. The van der Waals surface area contributed by atoms with E-state index in [1.165, 1.54) is 51.4 Å². The summed E-state index contributed by atoms with van der Waals surface area (Å²) < 4.78 is 30.6. The van der Waals surface area contributed by atoms with Crippen molar-refractivity contribution in [3.05, 3.63) is 54.1 Å². The van der Waals surface area contributed by atoms with Crippen molar-refractivity contribution in [2.45, 2.75) is 11.8 Å². The van der Waals surface area contributed by atoms with Crippen molar-refractivity contribution in [3.8, 4) is 5.75 Å². The third kappa shape index (κ3) is 4.65. The van der Waals surface area contributed by atoms with Gasteiger partial charge in [-0.25, -0.2) is 17.5 Å². The smallest absolute Gasteiger partial charge is 0.343 e. The maximum absolute atomic E-state index is 12.3. The Morgan fingerprint density at radius 2 is 1.72 bits per heavy atom. The first kappa shape index (κ1) is 18.6. The Morgan fingerprint density at radius 1 is 1.04 bits per heavy atom. The molecule has 0 atom stereocenters. The summed E-state index contributed by atoms with van der Waals surface area (Å²) >= 11 is 0. The molecule has 2 rings (SSSR count). The van der Waals surface area contributed by atoms with Crippen LogP contribution in [-0.4, -0.2) is 38.7 Å². The van der Waals surface area contributed by atoms with E-state index >= 15 is 0 Å². The second-order valence-corrected chi connectivity index (χ2v) is 7.57. The molecule has 0 spiro atoms. The van der Waals surface area contributed by atoms with Crippen LogP contribution >= 0.6 is 0 Å². The minimum Gasteiger partial charge on any atom is -0.423 e. The van der Waals surface area contributed by atoms with Crippen LogP contribution in [0.3, 0.4) is 0 Å². The van der Waals surface area contributed by atoms with Gasteiger partial charge >= 0.3 is 5.97 Å². The average molecular weight is 362 g/mol. The van der Waals surface area contributed by atoms with Crippen molar-refractivity contribution in [3.63, 3.8) is 0 Å². The van der Waals surface area contributed by atoms with Gasteiger partial charge in [0.15, 0.2) is 0 Å². The highest BCUT2D eigenvalue weighted by Crippen LogP contribution is 2.20. The predicted octanol–water partition coefficient (Wildman–Crippen LogP) is 2.11. The Hall–Kier alpha value is -2.71. The maximum atomic E-state index is 12.3. The molecule has 8 heteroatoms. The highest BCUT2D eigenvalue weighted by Gasteiger charge is 2.19. The van der Waals surface area contributed by atoms with Crippen molar-refractivity contribution in [1.29, 1.82) is 0 Å². The van der Waals surface area contributed by atoms with Crippen molar-refractivity contribution >= 4 is 27.6 Å². The lowest BCUT2D eigenvalue weighted by Crippen LogP contribution is -2.22. The van der Waals surface area contributed by atoms with Crippen LogP contribution in [-0.2, 0) is 14.8 Å². The van der Waals surface area contributed by atoms with Crippen LogP contribution in [0.2, 0.25) is 0 Å². The average Bonchev–Trinajstić information content (AvgIpc) is 2.54. The molecule has 7 nitrogen and oxygen atoms in total. The van der Waals surface area contributed by atoms with Gasteiger partial charge in [-0.05, 0) is 30.3 Å². The summed E-state index contributed by atoms with van der Waals surface area (Å²) in [6.45, 7) is 1.37. The number of carbonyl (C=O) groups excluding carboxylic acids is 2. The molecule has 0 saturated heterocycles. The Balaban J connectivity index is 2.23. The molecule has 2 aromatic carbocycles. The number of rotatable bonds is 5. The first-order chi connectivity index (χ1) is 11.7. The Labute approximate surface area is 146 Å². The van der Waals surface area contributed by atoms with Crippen LogP contribution in [0, 0.1) is 0 Å². The molecule has 0 aliphatic heterocycles. The quantitative estimate of drug-likeness (QED) is 0.650. The van der Waals surface area contributed by atoms with Crippen molar-refractivity contribution in [1.82, 2.24) is 4.31 Å². The molecular formula is C17H18N2O5S. The number of ether oxygens (including phenoxy) is 1. The summed E-state index contributed by atoms with van der Waals surface area (Å²) in [4.78, 5) is 23.4. The number of sulfonamides is 1. The zero-order valence-corrected chi connectivity index (χ0v) is 14.8. The molecule has 1 amide bonds. The van der Waals surface area contributed by atoms with E-state index in [1.54, 1.807) is 18.2 Å². The van der Waals surface area contributed by atoms with E-state index in [9.17, 15) is 18.0 Å². The normalized spacial score (nSPS) is 11.2. The molecule has 0 heterocycles. The van der Waals surface area contributed by atoms with Gasteiger partial charge in [0.25, 0.3) is 0 Å². The standard InChI is InChI=1S/C17H18N2O5S/c1-12(20)18-14-7-5-8-15(11-14)24-17(21)13-6-4-9-16(10-13)25(22,23)19(2)3/h4-11H,1-3H3,(H,18,20). The lowest BCUT2D eigenvalue weighted by Gasteiger charge is -2.12. The number of anilines is 1. The van der Waals surface area contributed by atoms with Crippen LogP contribution < -0.4 is 10.1 Å². The zero-order valence-electron chi connectivity index (χ0n) is 14.0. The summed E-state index contributed by atoms with van der Waals surface area (Å²) in [5.74, 6) is -0.710. The van der Waals surface area contributed by atoms with Gasteiger partial charge in [-0.15, -0.1) is 0 Å². The summed E-state index contributed by atoms with van der Waals surface area (Å²) in [5, 5.41) is 2.58. The van der Waals surface area contributed by atoms with Crippen molar-refractivity contribution in [2.24, 2.45) is 0 Å². The first-order valence-electron chi connectivity index (χ1n) is 7.32. The second kappa shape index (κ2) is 7.45. The lowest BCUT2D eigenvalue weighted by molar-refractivity contribution is -0.114. The number of hydrogen-bond donors (Lipinski definition) is 1. The van der Waals surface area contributed by atoms with E-state index < -0.39 is 16.0 Å². The van der Waals surface area contributed by atoms with Gasteiger partial charge < -0.3 is 10.1 Å². The van der Waals surface area contributed by atoms with Crippen LogP contribution in [0.25, 0.3) is 0 Å². The van der Waals surface area contributed by atoms with Crippen molar-refractivity contribution < 1.29 is 22.7 Å². The van der Waals surface area contributed by atoms with Gasteiger partial charge in [0.05, 0.1) is 10.5 Å². The minimum absolute atomic E-state index is 0.000975. The Kier molecular flexibility index (Phi) is 5.55. The summed E-state index contributed by atoms with van der Waals surface area (Å²) in [5.41, 5.74) is 0.592. The summed E-state index contributed by atoms with van der Waals surface area (Å²) in [7, 11) is -0.827. The Morgan fingerprint density at radius 3 is 2.36 bits per heavy atom. The number of benzene rings is 2. The number of nitrogens with zero attached hydrogens (tertiary/aromatic N) is 1. The molecule has 0 aromatic heterocycles. The number of nitrogens with one attached hydrogen (secondary N) is 1. The fourth-order valence-electron chi connectivity index (χ4n) is 2.00. The van der Waals surface area contributed by atoms with E-state index in [4.69, 9.17) is 4.74 Å². The van der Waals surface area contributed by atoms with Gasteiger partial charge in [0, 0.05) is 32.8 Å². The molecule has 1 N–H and O–H groups in total. The highest BCUT2D eigenvalue weighted by atomic mass is 32.2. The molecule has 0 fully saturated rings. The molecule has 0 bridgehead atoms. The van der Waals surface area contributed by atoms with E-state index in [1.807, 2.05) is 0 Å². The highest BCUT2D eigenvalue weighted by molar-refractivity contribution is 7.89. The zero-order chi connectivity index (χ0) is 18.6. The summed E-state index contributed by atoms with van der Waals surface area (Å²) in [6.07, 6.45) is 0. The van der Waals surface area contributed by atoms with E-state index in [2.05, 4.69) is 5.32 Å². The van der Waals surface area contributed by atoms with Gasteiger partial charge in [-0.1, -0.05) is 12.1 Å². The first-order valence-corrected chi connectivity index (χ1v) is 8.76. The maximum Gasteiger partial charge on any atom is 0.343 e. The molecule has 132 valence electrons. The number of amides is 1. The lowest BCUT2D eigenvalue weighted by atomic mass is 10.2. The van der Waals surface area contributed by atoms with Crippen LogP contribution in [0.5, 0.6) is 5.75 Å². The van der Waals surface area contributed by atoms with Gasteiger partial charge in [-0.3, -0.25) is 4.79 Å². The monoisotopic (exact) mass is 362 g/mol. The molecule has 0 saturated carbocycles. The fourth-order valence-corrected chi connectivity index (χ4v) is 2.95. The van der Waals surface area contributed by atoms with Crippen LogP contribution in [0.4, 0.5) is 5.69 Å². The number of carbonyl (C=O) groups is 2. The van der Waals surface area contributed by atoms with E-state index in [0.717, 1.165) is 4.31 Å². The third-order valence-electron chi connectivity index (χ3n) is 3.21. The largest absolute Gasteiger partial charge is 0.423 e. The van der Waals surface area contributed by atoms with Gasteiger partial charge in [-0.2, -0.15) is 0 Å². The second-order valence-electron chi connectivity index (χ2n) is 5.41. The Bertz CT molecular complexity index is 907. The molecule has 0 unspecified atom stereocenters. The number of hydrogen-bond acceptors (Lipinski definition) is 5.